The van der Waals surface area contributed by atoms with Crippen molar-refractivity contribution in [1.29, 1.82) is 0 Å². The standard InChI is InChI=1S/C11H11N3O/c1-7-8(2)13-14-11(12-7)9-5-3-4-6-10(9)15/h3-6,15H,1-2H3. The molecule has 0 atom stereocenters. The van der Waals surface area contributed by atoms with E-state index in [-0.39, 0.29) is 5.75 Å². The summed E-state index contributed by atoms with van der Waals surface area (Å²) in [4.78, 5) is 4.27. The number of aromatic nitrogens is 3. The third-order valence-corrected chi connectivity index (χ3v) is 2.24. The first kappa shape index (κ1) is 9.58. The summed E-state index contributed by atoms with van der Waals surface area (Å²) in [5, 5.41) is 17.5. The third-order valence-electron chi connectivity index (χ3n) is 2.24. The van der Waals surface area contributed by atoms with Crippen molar-refractivity contribution in [1.82, 2.24) is 15.2 Å². The molecule has 2 rings (SSSR count). The molecular formula is C11H11N3O. The number of nitrogens with zero attached hydrogens (tertiary/aromatic N) is 3. The molecule has 1 N–H and O–H groups in total. The van der Waals surface area contributed by atoms with Crippen LogP contribution in [0.15, 0.2) is 24.3 Å². The highest BCUT2D eigenvalue weighted by Gasteiger charge is 2.07. The molecule has 0 radical (unpaired) electrons. The van der Waals surface area contributed by atoms with Crippen molar-refractivity contribution >= 4 is 0 Å². The topological polar surface area (TPSA) is 58.9 Å². The number of hydrogen-bond acceptors (Lipinski definition) is 4. The van der Waals surface area contributed by atoms with Crippen molar-refractivity contribution in [3.63, 3.8) is 0 Å². The zero-order valence-electron chi connectivity index (χ0n) is 8.60. The lowest BCUT2D eigenvalue weighted by Gasteiger charge is -2.03. The van der Waals surface area contributed by atoms with Crippen molar-refractivity contribution in [3.8, 4) is 17.1 Å². The molecule has 0 bridgehead atoms. The summed E-state index contributed by atoms with van der Waals surface area (Å²) >= 11 is 0. The highest BCUT2D eigenvalue weighted by atomic mass is 16.3. The number of para-hydroxylation sites is 1. The molecule has 0 spiro atoms. The number of aromatic hydroxyl groups is 1. The van der Waals surface area contributed by atoms with E-state index in [0.29, 0.717) is 11.4 Å². The average Bonchev–Trinajstić information content (AvgIpc) is 2.23. The molecule has 1 heterocycles. The second kappa shape index (κ2) is 3.65. The van der Waals surface area contributed by atoms with Gasteiger partial charge in [-0.1, -0.05) is 12.1 Å². The molecule has 0 saturated heterocycles. The monoisotopic (exact) mass is 201 g/mol. The van der Waals surface area contributed by atoms with Crippen LogP contribution in [0.2, 0.25) is 0 Å². The van der Waals surface area contributed by atoms with Crippen LogP contribution in [0.3, 0.4) is 0 Å². The van der Waals surface area contributed by atoms with Crippen LogP contribution in [0.25, 0.3) is 11.4 Å². The van der Waals surface area contributed by atoms with Crippen molar-refractivity contribution < 1.29 is 5.11 Å². The summed E-state index contributed by atoms with van der Waals surface area (Å²) in [6.07, 6.45) is 0. The van der Waals surface area contributed by atoms with Gasteiger partial charge in [-0.05, 0) is 26.0 Å². The molecular weight excluding hydrogens is 190 g/mol. The lowest BCUT2D eigenvalue weighted by atomic mass is 10.2. The van der Waals surface area contributed by atoms with E-state index >= 15 is 0 Å². The molecule has 4 heteroatoms. The Morgan fingerprint density at radius 3 is 2.40 bits per heavy atom. The van der Waals surface area contributed by atoms with E-state index in [2.05, 4.69) is 15.2 Å². The first-order valence-corrected chi connectivity index (χ1v) is 4.65. The van der Waals surface area contributed by atoms with E-state index in [1.54, 1.807) is 18.2 Å². The molecule has 4 nitrogen and oxygen atoms in total. The molecule has 2 aromatic rings. The highest BCUT2D eigenvalue weighted by molar-refractivity contribution is 5.62. The fourth-order valence-electron chi connectivity index (χ4n) is 1.23. The largest absolute Gasteiger partial charge is 0.507 e. The normalized spacial score (nSPS) is 10.3. The van der Waals surface area contributed by atoms with Crippen molar-refractivity contribution in [3.05, 3.63) is 35.7 Å². The zero-order valence-corrected chi connectivity index (χ0v) is 8.60. The van der Waals surface area contributed by atoms with Gasteiger partial charge in [0, 0.05) is 0 Å². The molecule has 0 saturated carbocycles. The molecule has 15 heavy (non-hydrogen) atoms. The van der Waals surface area contributed by atoms with Crippen LogP contribution in [0.5, 0.6) is 5.75 Å². The van der Waals surface area contributed by atoms with Crippen LogP contribution < -0.4 is 0 Å². The van der Waals surface area contributed by atoms with Gasteiger partial charge in [-0.15, -0.1) is 5.10 Å². The van der Waals surface area contributed by atoms with Gasteiger partial charge in [0.05, 0.1) is 17.0 Å². The molecule has 0 unspecified atom stereocenters. The second-order valence-corrected chi connectivity index (χ2v) is 3.32. The van der Waals surface area contributed by atoms with Gasteiger partial charge in [-0.2, -0.15) is 5.10 Å². The molecule has 0 amide bonds. The van der Waals surface area contributed by atoms with Crippen molar-refractivity contribution in [2.75, 3.05) is 0 Å². The van der Waals surface area contributed by atoms with Gasteiger partial charge >= 0.3 is 0 Å². The zero-order chi connectivity index (χ0) is 10.8. The van der Waals surface area contributed by atoms with Gasteiger partial charge in [-0.3, -0.25) is 0 Å². The Morgan fingerprint density at radius 2 is 1.73 bits per heavy atom. The smallest absolute Gasteiger partial charge is 0.185 e. The van der Waals surface area contributed by atoms with Crippen LogP contribution in [-0.4, -0.2) is 20.3 Å². The molecule has 1 aromatic heterocycles. The molecule has 1 aromatic carbocycles. The number of aryl methyl sites for hydroxylation is 2. The number of phenolic OH excluding ortho intramolecular Hbond substituents is 1. The van der Waals surface area contributed by atoms with E-state index in [4.69, 9.17) is 0 Å². The maximum Gasteiger partial charge on any atom is 0.185 e. The Balaban J connectivity index is 2.55. The Morgan fingerprint density at radius 1 is 1.00 bits per heavy atom. The summed E-state index contributed by atoms with van der Waals surface area (Å²) < 4.78 is 0. The van der Waals surface area contributed by atoms with Crippen LogP contribution in [0.1, 0.15) is 11.4 Å². The number of benzene rings is 1. The Hall–Kier alpha value is -1.97. The minimum atomic E-state index is 0.169. The summed E-state index contributed by atoms with van der Waals surface area (Å²) in [6, 6.07) is 6.95. The minimum absolute atomic E-state index is 0.169. The molecule has 0 fully saturated rings. The number of hydrogen-bond donors (Lipinski definition) is 1. The Kier molecular flexibility index (Phi) is 2.33. The quantitative estimate of drug-likeness (QED) is 0.765. The van der Waals surface area contributed by atoms with Gasteiger partial charge in [0.2, 0.25) is 0 Å². The van der Waals surface area contributed by atoms with E-state index in [9.17, 15) is 5.11 Å². The fraction of sp³-hybridized carbons (Fsp3) is 0.182. The van der Waals surface area contributed by atoms with Gasteiger partial charge in [-0.25, -0.2) is 4.98 Å². The van der Waals surface area contributed by atoms with Crippen LogP contribution >= 0.6 is 0 Å². The number of rotatable bonds is 1. The molecule has 0 aliphatic heterocycles. The van der Waals surface area contributed by atoms with Gasteiger partial charge in [0.15, 0.2) is 5.82 Å². The summed E-state index contributed by atoms with van der Waals surface area (Å²) in [5.74, 6) is 0.624. The van der Waals surface area contributed by atoms with Crippen LogP contribution in [-0.2, 0) is 0 Å². The van der Waals surface area contributed by atoms with Gasteiger partial charge in [0.1, 0.15) is 5.75 Å². The van der Waals surface area contributed by atoms with Crippen molar-refractivity contribution in [2.45, 2.75) is 13.8 Å². The number of phenols is 1. The van der Waals surface area contributed by atoms with E-state index in [0.717, 1.165) is 11.4 Å². The summed E-state index contributed by atoms with van der Waals surface area (Å²) in [6.45, 7) is 3.72. The van der Waals surface area contributed by atoms with Gasteiger partial charge < -0.3 is 5.11 Å². The third kappa shape index (κ3) is 1.79. The maximum absolute atomic E-state index is 9.62. The molecule has 0 aliphatic carbocycles. The van der Waals surface area contributed by atoms with E-state index < -0.39 is 0 Å². The van der Waals surface area contributed by atoms with E-state index in [1.807, 2.05) is 19.9 Å². The highest BCUT2D eigenvalue weighted by Crippen LogP contribution is 2.25. The predicted molar refractivity (Wildman–Crippen MR) is 56.4 cm³/mol. The molecule has 76 valence electrons. The summed E-state index contributed by atoms with van der Waals surface area (Å²) in [5.41, 5.74) is 2.23. The summed E-state index contributed by atoms with van der Waals surface area (Å²) in [7, 11) is 0. The fourth-order valence-corrected chi connectivity index (χ4v) is 1.23. The van der Waals surface area contributed by atoms with Gasteiger partial charge in [0.25, 0.3) is 0 Å². The Labute approximate surface area is 87.6 Å². The first-order chi connectivity index (χ1) is 7.18. The van der Waals surface area contributed by atoms with Crippen LogP contribution in [0.4, 0.5) is 0 Å². The molecule has 0 aliphatic rings. The Bertz CT molecular complexity index is 497. The SMILES string of the molecule is Cc1nnc(-c2ccccc2O)nc1C. The van der Waals surface area contributed by atoms with Crippen molar-refractivity contribution in [2.24, 2.45) is 0 Å². The average molecular weight is 201 g/mol. The van der Waals surface area contributed by atoms with E-state index in [1.165, 1.54) is 0 Å². The maximum atomic E-state index is 9.62. The lowest BCUT2D eigenvalue weighted by molar-refractivity contribution is 0.476. The van der Waals surface area contributed by atoms with Crippen LogP contribution in [0, 0.1) is 13.8 Å². The second-order valence-electron chi connectivity index (χ2n) is 3.32. The first-order valence-electron chi connectivity index (χ1n) is 4.65. The minimum Gasteiger partial charge on any atom is -0.507 e. The predicted octanol–water partition coefficient (Wildman–Crippen LogP) is 1.86. The lowest BCUT2D eigenvalue weighted by Crippen LogP contribution is -1.98.